The van der Waals surface area contributed by atoms with Crippen molar-refractivity contribution < 1.29 is 19.1 Å². The summed E-state index contributed by atoms with van der Waals surface area (Å²) in [6, 6.07) is 4.46. The average molecular weight is 413 g/mol. The minimum Gasteiger partial charge on any atom is -0.457 e. The Balaban J connectivity index is 1.52. The molecule has 0 aliphatic carbocycles. The summed E-state index contributed by atoms with van der Waals surface area (Å²) in [7, 11) is 0. The Hall–Kier alpha value is -1.96. The van der Waals surface area contributed by atoms with Crippen LogP contribution in [0.15, 0.2) is 23.6 Å². The van der Waals surface area contributed by atoms with Crippen LogP contribution in [0.3, 0.4) is 0 Å². The van der Waals surface area contributed by atoms with Crippen LogP contribution in [0.4, 0.5) is 5.13 Å². The third kappa shape index (κ3) is 4.41. The molecule has 6 nitrogen and oxygen atoms in total. The molecule has 0 unspecified atom stereocenters. The second-order valence-electron chi connectivity index (χ2n) is 5.66. The molecule has 3 rings (SSSR count). The lowest BCUT2D eigenvalue weighted by molar-refractivity contribution is -0.141. The maximum absolute atomic E-state index is 12.0. The van der Waals surface area contributed by atoms with Crippen molar-refractivity contribution in [3.8, 4) is 0 Å². The van der Waals surface area contributed by atoms with Gasteiger partial charge >= 0.3 is 5.97 Å². The van der Waals surface area contributed by atoms with Gasteiger partial charge in [-0.2, -0.15) is 0 Å². The molecule has 0 N–H and O–H groups in total. The first kappa shape index (κ1) is 18.8. The number of halogens is 2. The van der Waals surface area contributed by atoms with Crippen LogP contribution in [-0.4, -0.2) is 35.8 Å². The Morgan fingerprint density at radius 2 is 2.08 bits per heavy atom. The summed E-state index contributed by atoms with van der Waals surface area (Å²) in [6.07, 6.45) is 1.27. The van der Waals surface area contributed by atoms with Gasteiger partial charge in [-0.25, -0.2) is 4.98 Å². The number of carbonyl (C=O) groups is 3. The van der Waals surface area contributed by atoms with Gasteiger partial charge in [0.2, 0.25) is 5.91 Å². The second kappa shape index (κ2) is 8.16. The molecule has 0 spiro atoms. The highest BCUT2D eigenvalue weighted by atomic mass is 35.5. The molecule has 1 fully saturated rings. The molecule has 0 saturated carbocycles. The number of Topliss-reactive ketones (excluding diaryl/α,β-unsaturated/α-hetero) is 1. The Labute approximate surface area is 163 Å². The van der Waals surface area contributed by atoms with Crippen molar-refractivity contribution in [3.63, 3.8) is 0 Å². The number of nitrogens with zero attached hydrogens (tertiary/aromatic N) is 2. The average Bonchev–Trinajstić information content (AvgIpc) is 3.23. The molecule has 1 aliphatic rings. The van der Waals surface area contributed by atoms with Crippen LogP contribution in [0.2, 0.25) is 10.0 Å². The van der Waals surface area contributed by atoms with E-state index in [1.807, 2.05) is 0 Å². The van der Waals surface area contributed by atoms with Gasteiger partial charge in [-0.3, -0.25) is 19.3 Å². The number of ketones is 1. The molecule has 9 heteroatoms. The van der Waals surface area contributed by atoms with E-state index in [-0.39, 0.29) is 23.1 Å². The Morgan fingerprint density at radius 3 is 2.77 bits per heavy atom. The summed E-state index contributed by atoms with van der Waals surface area (Å²) in [5.74, 6) is -0.901. The van der Waals surface area contributed by atoms with E-state index in [2.05, 4.69) is 4.98 Å². The van der Waals surface area contributed by atoms with Gasteiger partial charge in [0.15, 0.2) is 17.5 Å². The maximum atomic E-state index is 12.0. The van der Waals surface area contributed by atoms with E-state index in [0.717, 1.165) is 6.42 Å². The first-order chi connectivity index (χ1) is 12.4. The molecule has 1 aromatic heterocycles. The molecule has 1 amide bonds. The molecule has 136 valence electrons. The monoisotopic (exact) mass is 412 g/mol. The van der Waals surface area contributed by atoms with E-state index in [9.17, 15) is 14.4 Å². The summed E-state index contributed by atoms with van der Waals surface area (Å²) in [5.41, 5.74) is 0.826. The number of carbonyl (C=O) groups excluding carboxylic acids is 3. The van der Waals surface area contributed by atoms with E-state index >= 15 is 0 Å². The first-order valence-corrected chi connectivity index (χ1v) is 9.46. The highest BCUT2D eigenvalue weighted by Gasteiger charge is 2.24. The van der Waals surface area contributed by atoms with Crippen LogP contribution in [0.5, 0.6) is 0 Å². The van der Waals surface area contributed by atoms with E-state index in [1.165, 1.54) is 29.5 Å². The lowest BCUT2D eigenvalue weighted by Crippen LogP contribution is -2.23. The normalized spacial score (nSPS) is 13.9. The standard InChI is InChI=1S/C17H14Cl2N2O4S/c18-12-4-3-10(6-13(12)19)14(22)8-25-16(24)7-11-9-26-17(20-11)21-5-1-2-15(21)23/h3-4,6,9H,1-2,5,7-8H2. The fraction of sp³-hybridized carbons (Fsp3) is 0.294. The van der Waals surface area contributed by atoms with Crippen molar-refractivity contribution in [1.82, 2.24) is 4.98 Å². The number of rotatable bonds is 6. The number of ether oxygens (including phenoxy) is 1. The highest BCUT2D eigenvalue weighted by Crippen LogP contribution is 2.25. The molecule has 0 bridgehead atoms. The van der Waals surface area contributed by atoms with Gasteiger partial charge in [-0.15, -0.1) is 11.3 Å². The zero-order valence-electron chi connectivity index (χ0n) is 13.5. The first-order valence-electron chi connectivity index (χ1n) is 7.82. The van der Waals surface area contributed by atoms with Crippen LogP contribution in [0.25, 0.3) is 0 Å². The molecule has 26 heavy (non-hydrogen) atoms. The molecule has 1 aliphatic heterocycles. The summed E-state index contributed by atoms with van der Waals surface area (Å²) in [5, 5.41) is 2.90. The van der Waals surface area contributed by atoms with E-state index < -0.39 is 12.6 Å². The third-order valence-corrected chi connectivity index (χ3v) is 5.43. The smallest absolute Gasteiger partial charge is 0.312 e. The van der Waals surface area contributed by atoms with Gasteiger partial charge in [0.05, 0.1) is 22.2 Å². The van der Waals surface area contributed by atoms with Gasteiger partial charge in [0.1, 0.15) is 0 Å². The predicted octanol–water partition coefficient (Wildman–Crippen LogP) is 3.55. The molecule has 1 aromatic carbocycles. The number of thiazole rings is 1. The molecule has 0 radical (unpaired) electrons. The van der Waals surface area contributed by atoms with Crippen molar-refractivity contribution in [3.05, 3.63) is 44.9 Å². The fourth-order valence-corrected chi connectivity index (χ4v) is 3.62. The molecule has 2 aromatic rings. The minimum atomic E-state index is -0.567. The summed E-state index contributed by atoms with van der Waals surface area (Å²) >= 11 is 13.0. The number of hydrogen-bond donors (Lipinski definition) is 0. The number of amides is 1. The zero-order chi connectivity index (χ0) is 18.7. The van der Waals surface area contributed by atoms with Gasteiger partial charge in [0.25, 0.3) is 0 Å². The lowest BCUT2D eigenvalue weighted by atomic mass is 10.1. The Bertz CT molecular complexity index is 868. The largest absolute Gasteiger partial charge is 0.457 e. The Kier molecular flexibility index (Phi) is 5.90. The van der Waals surface area contributed by atoms with Gasteiger partial charge in [-0.1, -0.05) is 23.2 Å². The summed E-state index contributed by atoms with van der Waals surface area (Å²) in [4.78, 5) is 41.6. The zero-order valence-corrected chi connectivity index (χ0v) is 15.9. The third-order valence-electron chi connectivity index (χ3n) is 3.78. The van der Waals surface area contributed by atoms with Crippen molar-refractivity contribution >= 4 is 57.3 Å². The highest BCUT2D eigenvalue weighted by molar-refractivity contribution is 7.14. The van der Waals surface area contributed by atoms with Gasteiger partial charge in [0, 0.05) is 23.9 Å². The molecular formula is C17H14Cl2N2O4S. The van der Waals surface area contributed by atoms with Gasteiger partial charge in [-0.05, 0) is 24.6 Å². The van der Waals surface area contributed by atoms with Crippen LogP contribution >= 0.6 is 34.5 Å². The number of aromatic nitrogens is 1. The predicted molar refractivity (Wildman–Crippen MR) is 99.2 cm³/mol. The van der Waals surface area contributed by atoms with Gasteiger partial charge < -0.3 is 4.74 Å². The van der Waals surface area contributed by atoms with Crippen molar-refractivity contribution in [2.24, 2.45) is 0 Å². The fourth-order valence-electron chi connectivity index (χ4n) is 2.45. The topological polar surface area (TPSA) is 76.6 Å². The number of hydrogen-bond acceptors (Lipinski definition) is 6. The molecule has 0 atom stereocenters. The number of anilines is 1. The van der Waals surface area contributed by atoms with Crippen LogP contribution in [0, 0.1) is 0 Å². The van der Waals surface area contributed by atoms with Crippen molar-refractivity contribution in [1.29, 1.82) is 0 Å². The summed E-state index contributed by atoms with van der Waals surface area (Å²) in [6.45, 7) is 0.257. The minimum absolute atomic E-state index is 0.0423. The quantitative estimate of drug-likeness (QED) is 0.535. The molecule has 1 saturated heterocycles. The van der Waals surface area contributed by atoms with Crippen LogP contribution in [0.1, 0.15) is 28.9 Å². The van der Waals surface area contributed by atoms with Crippen molar-refractivity contribution in [2.75, 3.05) is 18.1 Å². The SMILES string of the molecule is O=C(Cc1csc(N2CCCC2=O)n1)OCC(=O)c1ccc(Cl)c(Cl)c1. The molecular weight excluding hydrogens is 399 g/mol. The Morgan fingerprint density at radius 1 is 1.27 bits per heavy atom. The maximum Gasteiger partial charge on any atom is 0.312 e. The second-order valence-corrected chi connectivity index (χ2v) is 7.31. The lowest BCUT2D eigenvalue weighted by Gasteiger charge is -2.10. The number of benzene rings is 1. The summed E-state index contributed by atoms with van der Waals surface area (Å²) < 4.78 is 5.01. The van der Waals surface area contributed by atoms with Crippen LogP contribution in [-0.2, 0) is 20.7 Å². The molecule has 2 heterocycles. The van der Waals surface area contributed by atoms with E-state index in [0.29, 0.717) is 34.4 Å². The van der Waals surface area contributed by atoms with E-state index in [4.69, 9.17) is 27.9 Å². The van der Waals surface area contributed by atoms with E-state index in [1.54, 1.807) is 10.3 Å². The van der Waals surface area contributed by atoms with Crippen LogP contribution < -0.4 is 4.90 Å². The van der Waals surface area contributed by atoms with Crippen molar-refractivity contribution in [2.45, 2.75) is 19.3 Å². The number of esters is 1.